The van der Waals surface area contributed by atoms with Crippen molar-refractivity contribution in [2.24, 2.45) is 0 Å². The van der Waals surface area contributed by atoms with Crippen LogP contribution in [0.4, 0.5) is 11.4 Å². The lowest BCUT2D eigenvalue weighted by Crippen LogP contribution is -2.17. The van der Waals surface area contributed by atoms with Crippen molar-refractivity contribution in [2.45, 2.75) is 25.9 Å². The molecule has 0 atom stereocenters. The predicted octanol–water partition coefficient (Wildman–Crippen LogP) is 6.72. The first-order valence-corrected chi connectivity index (χ1v) is 15.6. The fourth-order valence-electron chi connectivity index (χ4n) is 6.65. The van der Waals surface area contributed by atoms with E-state index in [9.17, 15) is 20.2 Å². The Kier molecular flexibility index (Phi) is 8.04. The summed E-state index contributed by atoms with van der Waals surface area (Å²) in [5, 5.41) is 31.5. The molecule has 2 aromatic heterocycles. The van der Waals surface area contributed by atoms with Crippen molar-refractivity contribution in [3.05, 3.63) is 129 Å². The van der Waals surface area contributed by atoms with Gasteiger partial charge in [-0.15, -0.1) is 0 Å². The summed E-state index contributed by atoms with van der Waals surface area (Å²) in [4.78, 5) is 21.6. The molecule has 0 fully saturated rings. The van der Waals surface area contributed by atoms with E-state index in [4.69, 9.17) is 0 Å². The summed E-state index contributed by atoms with van der Waals surface area (Å²) in [6, 6.07) is 30.6. The van der Waals surface area contributed by atoms with Gasteiger partial charge in [-0.2, -0.15) is 0 Å². The van der Waals surface area contributed by atoms with Crippen LogP contribution in [0.5, 0.6) is 0 Å². The zero-order valence-electron chi connectivity index (χ0n) is 25.3. The Morgan fingerprint density at radius 2 is 1.15 bits per heavy atom. The van der Waals surface area contributed by atoms with E-state index in [0.29, 0.717) is 5.56 Å². The SMILES string of the molecule is O=[N+]([O-])c1cccc(-c2ccc3cc4n(c3c2)CCNCC4)c1.O=[N+]([O-])c1ccccc1-c1ccc2cc3n(c2c1)CCNCC3. The molecule has 4 heterocycles. The molecule has 0 unspecified atom stereocenters. The summed E-state index contributed by atoms with van der Waals surface area (Å²) in [7, 11) is 0. The molecule has 2 aliphatic heterocycles. The summed E-state index contributed by atoms with van der Waals surface area (Å²) < 4.78 is 4.68. The van der Waals surface area contributed by atoms with E-state index in [1.807, 2.05) is 30.3 Å². The molecule has 232 valence electrons. The lowest BCUT2D eigenvalue weighted by atomic mass is 10.0. The van der Waals surface area contributed by atoms with Gasteiger partial charge in [-0.25, -0.2) is 0 Å². The third-order valence-electron chi connectivity index (χ3n) is 8.92. The van der Waals surface area contributed by atoms with E-state index in [-0.39, 0.29) is 21.2 Å². The van der Waals surface area contributed by atoms with E-state index in [2.05, 4.69) is 56.2 Å². The van der Waals surface area contributed by atoms with E-state index >= 15 is 0 Å². The molecule has 2 N–H and O–H groups in total. The fourth-order valence-corrected chi connectivity index (χ4v) is 6.65. The molecule has 0 spiro atoms. The van der Waals surface area contributed by atoms with Crippen molar-refractivity contribution < 1.29 is 9.85 Å². The summed E-state index contributed by atoms with van der Waals surface area (Å²) >= 11 is 0. The molecule has 10 heteroatoms. The van der Waals surface area contributed by atoms with E-state index in [1.54, 1.807) is 24.3 Å². The average Bonchev–Trinajstić information content (AvgIpc) is 3.36. The third-order valence-corrected chi connectivity index (χ3v) is 8.92. The standard InChI is InChI=1S/2C18H17N3O2/c22-21(23)17-3-1-2-13(10-17)14-4-5-15-11-16-6-7-19-8-9-20(16)18(15)12-14;22-21(23)17-4-2-1-3-16(17)13-5-6-14-11-15-7-8-19-9-10-20(15)18(14)12-13/h1-5,10-12,19H,6-9H2;1-6,11-12,19H,7-10H2. The zero-order chi connectivity index (χ0) is 31.6. The molecule has 0 saturated heterocycles. The van der Waals surface area contributed by atoms with Crippen LogP contribution in [0.1, 0.15) is 11.4 Å². The Morgan fingerprint density at radius 3 is 1.78 bits per heavy atom. The van der Waals surface area contributed by atoms with Gasteiger partial charge in [0.05, 0.1) is 15.4 Å². The second-order valence-electron chi connectivity index (χ2n) is 11.7. The number of nitrogens with one attached hydrogen (secondary N) is 2. The molecule has 6 aromatic rings. The quantitative estimate of drug-likeness (QED) is 0.168. The van der Waals surface area contributed by atoms with Crippen LogP contribution in [0.2, 0.25) is 0 Å². The molecular formula is C36H34N6O4. The van der Waals surface area contributed by atoms with Gasteiger partial charge >= 0.3 is 0 Å². The first kappa shape index (κ1) is 29.4. The van der Waals surface area contributed by atoms with Crippen LogP contribution in [0.25, 0.3) is 44.1 Å². The zero-order valence-corrected chi connectivity index (χ0v) is 25.3. The molecular weight excluding hydrogens is 580 g/mol. The van der Waals surface area contributed by atoms with Gasteiger partial charge < -0.3 is 19.8 Å². The summed E-state index contributed by atoms with van der Waals surface area (Å²) in [5.74, 6) is 0. The van der Waals surface area contributed by atoms with Crippen LogP contribution in [-0.4, -0.2) is 45.2 Å². The number of aromatic nitrogens is 2. The average molecular weight is 615 g/mol. The molecule has 0 bridgehead atoms. The highest BCUT2D eigenvalue weighted by Crippen LogP contribution is 2.33. The number of para-hydroxylation sites is 1. The molecule has 2 aliphatic rings. The molecule has 8 rings (SSSR count). The maximum atomic E-state index is 11.3. The van der Waals surface area contributed by atoms with Gasteiger partial charge in [0.15, 0.2) is 0 Å². The maximum Gasteiger partial charge on any atom is 0.277 e. The van der Waals surface area contributed by atoms with Gasteiger partial charge in [0.1, 0.15) is 0 Å². The van der Waals surface area contributed by atoms with Gasteiger partial charge in [0.2, 0.25) is 0 Å². The Morgan fingerprint density at radius 1 is 0.565 bits per heavy atom. The van der Waals surface area contributed by atoms with Crippen molar-refractivity contribution in [1.29, 1.82) is 0 Å². The monoisotopic (exact) mass is 614 g/mol. The maximum absolute atomic E-state index is 11.3. The summed E-state index contributed by atoms with van der Waals surface area (Å²) in [6.45, 7) is 5.81. The van der Waals surface area contributed by atoms with Crippen LogP contribution in [-0.2, 0) is 25.9 Å². The summed E-state index contributed by atoms with van der Waals surface area (Å²) in [6.07, 6.45) is 2.04. The highest BCUT2D eigenvalue weighted by atomic mass is 16.6. The normalized spacial score (nSPS) is 14.4. The van der Waals surface area contributed by atoms with Crippen molar-refractivity contribution in [3.63, 3.8) is 0 Å². The molecule has 0 saturated carbocycles. The van der Waals surface area contributed by atoms with E-state index in [1.165, 1.54) is 33.7 Å². The predicted molar refractivity (Wildman–Crippen MR) is 181 cm³/mol. The van der Waals surface area contributed by atoms with Gasteiger partial charge in [-0.3, -0.25) is 20.2 Å². The Balaban J connectivity index is 0.000000147. The van der Waals surface area contributed by atoms with Crippen molar-refractivity contribution >= 4 is 33.2 Å². The first-order chi connectivity index (χ1) is 22.5. The second-order valence-corrected chi connectivity index (χ2v) is 11.7. The van der Waals surface area contributed by atoms with Crippen LogP contribution < -0.4 is 10.6 Å². The van der Waals surface area contributed by atoms with Crippen LogP contribution in [0.15, 0.2) is 97.1 Å². The Bertz CT molecular complexity index is 2100. The summed E-state index contributed by atoms with van der Waals surface area (Å²) in [5.41, 5.74) is 8.75. The smallest absolute Gasteiger partial charge is 0.277 e. The Hall–Kier alpha value is -5.32. The lowest BCUT2D eigenvalue weighted by molar-refractivity contribution is -0.384. The van der Waals surface area contributed by atoms with Crippen LogP contribution in [0.3, 0.4) is 0 Å². The van der Waals surface area contributed by atoms with Crippen LogP contribution in [0, 0.1) is 20.2 Å². The number of hydrogen-bond donors (Lipinski definition) is 2. The number of nitro benzene ring substituents is 2. The van der Waals surface area contributed by atoms with E-state index < -0.39 is 0 Å². The van der Waals surface area contributed by atoms with Crippen molar-refractivity contribution in [1.82, 2.24) is 19.8 Å². The molecule has 4 aromatic carbocycles. The number of benzene rings is 4. The lowest BCUT2D eigenvalue weighted by Gasteiger charge is -2.08. The molecule has 10 nitrogen and oxygen atoms in total. The number of non-ortho nitro benzene ring substituents is 1. The van der Waals surface area contributed by atoms with Crippen molar-refractivity contribution in [2.75, 3.05) is 26.2 Å². The number of fused-ring (bicyclic) bond motifs is 6. The molecule has 0 amide bonds. The minimum atomic E-state index is -0.350. The molecule has 0 aliphatic carbocycles. The van der Waals surface area contributed by atoms with Gasteiger partial charge in [0, 0.05) is 92.7 Å². The number of nitrogens with zero attached hydrogens (tertiary/aromatic N) is 4. The molecule has 46 heavy (non-hydrogen) atoms. The van der Waals surface area contributed by atoms with Gasteiger partial charge in [-0.1, -0.05) is 48.5 Å². The number of rotatable bonds is 4. The highest BCUT2D eigenvalue weighted by molar-refractivity contribution is 5.88. The Labute approximate surface area is 265 Å². The number of nitro groups is 2. The van der Waals surface area contributed by atoms with E-state index in [0.717, 1.165) is 74.3 Å². The molecule has 0 radical (unpaired) electrons. The highest BCUT2D eigenvalue weighted by Gasteiger charge is 2.17. The van der Waals surface area contributed by atoms with Gasteiger partial charge in [0.25, 0.3) is 11.4 Å². The number of hydrogen-bond acceptors (Lipinski definition) is 6. The minimum absolute atomic E-state index is 0.126. The fraction of sp³-hybridized carbons (Fsp3) is 0.222. The first-order valence-electron chi connectivity index (χ1n) is 15.6. The van der Waals surface area contributed by atoms with Crippen molar-refractivity contribution in [3.8, 4) is 22.3 Å². The third kappa shape index (κ3) is 5.76. The van der Waals surface area contributed by atoms with Gasteiger partial charge in [-0.05, 0) is 57.8 Å². The largest absolute Gasteiger partial charge is 0.343 e. The minimum Gasteiger partial charge on any atom is -0.343 e. The topological polar surface area (TPSA) is 120 Å². The van der Waals surface area contributed by atoms with Crippen LogP contribution >= 0.6 is 0 Å². The second kappa shape index (κ2) is 12.6.